The highest BCUT2D eigenvalue weighted by Gasteiger charge is 2.43. The molecule has 4 heteroatoms. The summed E-state index contributed by atoms with van der Waals surface area (Å²) in [5.41, 5.74) is 0.162. The second-order valence-electron chi connectivity index (χ2n) is 6.93. The Balaban J connectivity index is 1.57. The number of nitrogens with zero attached hydrogens (tertiary/aromatic N) is 1. The van der Waals surface area contributed by atoms with E-state index < -0.39 is 5.97 Å². The Bertz CT molecular complexity index is 346. The molecule has 20 heavy (non-hydrogen) atoms. The lowest BCUT2D eigenvalue weighted by atomic mass is 9.98. The van der Waals surface area contributed by atoms with E-state index in [9.17, 15) is 4.79 Å². The van der Waals surface area contributed by atoms with E-state index in [1.807, 2.05) is 0 Å². The van der Waals surface area contributed by atoms with Crippen molar-refractivity contribution in [2.45, 2.75) is 82.0 Å². The molecule has 0 aromatic carbocycles. The lowest BCUT2D eigenvalue weighted by Gasteiger charge is -2.31. The van der Waals surface area contributed by atoms with Crippen LogP contribution in [0.15, 0.2) is 0 Å². The largest absolute Gasteiger partial charge is 0.480 e. The van der Waals surface area contributed by atoms with Crippen LogP contribution in [0.1, 0.15) is 64.2 Å². The van der Waals surface area contributed by atoms with Crippen molar-refractivity contribution in [2.24, 2.45) is 0 Å². The number of hydrogen-bond donors (Lipinski definition) is 1. The molecule has 0 bridgehead atoms. The number of aliphatic carboxylic acids is 1. The highest BCUT2D eigenvalue weighted by molar-refractivity contribution is 5.69. The van der Waals surface area contributed by atoms with Crippen LogP contribution >= 0.6 is 0 Å². The van der Waals surface area contributed by atoms with Gasteiger partial charge in [0.2, 0.25) is 0 Å². The number of ether oxygens (including phenoxy) is 1. The van der Waals surface area contributed by atoms with Gasteiger partial charge in [-0.3, -0.25) is 9.69 Å². The molecular weight excluding hydrogens is 254 g/mol. The fourth-order valence-electron chi connectivity index (χ4n) is 4.46. The fourth-order valence-corrected chi connectivity index (χ4v) is 4.46. The van der Waals surface area contributed by atoms with Crippen LogP contribution in [-0.4, -0.2) is 46.8 Å². The van der Waals surface area contributed by atoms with Crippen LogP contribution in [0.4, 0.5) is 0 Å². The molecule has 1 saturated heterocycles. The van der Waals surface area contributed by atoms with Gasteiger partial charge in [0.15, 0.2) is 0 Å². The topological polar surface area (TPSA) is 49.8 Å². The molecule has 2 aliphatic carbocycles. The average molecular weight is 281 g/mol. The van der Waals surface area contributed by atoms with Crippen LogP contribution < -0.4 is 0 Å². The van der Waals surface area contributed by atoms with Gasteiger partial charge in [-0.15, -0.1) is 0 Å². The molecule has 0 amide bonds. The molecule has 1 N–H and O–H groups in total. The molecule has 4 nitrogen and oxygen atoms in total. The zero-order valence-corrected chi connectivity index (χ0v) is 12.4. The zero-order chi connectivity index (χ0) is 14.0. The zero-order valence-electron chi connectivity index (χ0n) is 12.4. The van der Waals surface area contributed by atoms with E-state index in [0.717, 1.165) is 25.8 Å². The summed E-state index contributed by atoms with van der Waals surface area (Å²) in [5, 5.41) is 9.14. The van der Waals surface area contributed by atoms with E-state index in [1.165, 1.54) is 44.9 Å². The quantitative estimate of drug-likeness (QED) is 0.842. The minimum atomic E-state index is -0.703. The summed E-state index contributed by atoms with van der Waals surface area (Å²) in [6.07, 6.45) is 12.4. The Labute approximate surface area is 121 Å². The summed E-state index contributed by atoms with van der Waals surface area (Å²) < 4.78 is 6.35. The predicted octanol–water partition coefficient (Wildman–Crippen LogP) is 2.81. The average Bonchev–Trinajstić information content (AvgIpc) is 3.13. The van der Waals surface area contributed by atoms with Crippen molar-refractivity contribution in [3.8, 4) is 0 Å². The Morgan fingerprint density at radius 2 is 1.80 bits per heavy atom. The number of carbonyl (C=O) groups is 1. The molecule has 1 heterocycles. The van der Waals surface area contributed by atoms with Crippen molar-refractivity contribution < 1.29 is 14.6 Å². The van der Waals surface area contributed by atoms with E-state index in [4.69, 9.17) is 9.84 Å². The molecule has 0 aromatic rings. The minimum absolute atomic E-state index is 0.162. The van der Waals surface area contributed by atoms with Gasteiger partial charge in [-0.25, -0.2) is 0 Å². The second-order valence-corrected chi connectivity index (χ2v) is 6.93. The smallest absolute Gasteiger partial charge is 0.317 e. The molecule has 2 saturated carbocycles. The molecule has 3 fully saturated rings. The third-order valence-corrected chi connectivity index (χ3v) is 5.47. The van der Waals surface area contributed by atoms with E-state index in [2.05, 4.69) is 4.90 Å². The fraction of sp³-hybridized carbons (Fsp3) is 0.938. The van der Waals surface area contributed by atoms with Gasteiger partial charge in [-0.1, -0.05) is 25.7 Å². The first kappa shape index (κ1) is 14.3. The maximum atomic E-state index is 11.1. The number of hydrogen-bond acceptors (Lipinski definition) is 3. The van der Waals surface area contributed by atoms with Gasteiger partial charge in [-0.2, -0.15) is 0 Å². The molecule has 0 aromatic heterocycles. The SMILES string of the molecule is O=C(O)CN(CC1CCC2(CCCC2)O1)C1CCCC1. The van der Waals surface area contributed by atoms with Crippen molar-refractivity contribution in [1.82, 2.24) is 4.90 Å². The van der Waals surface area contributed by atoms with Crippen molar-refractivity contribution in [2.75, 3.05) is 13.1 Å². The van der Waals surface area contributed by atoms with Crippen LogP contribution in [0.5, 0.6) is 0 Å². The Kier molecular flexibility index (Phi) is 4.32. The summed E-state index contributed by atoms with van der Waals surface area (Å²) in [7, 11) is 0. The Morgan fingerprint density at radius 1 is 1.10 bits per heavy atom. The maximum Gasteiger partial charge on any atom is 0.317 e. The van der Waals surface area contributed by atoms with Gasteiger partial charge < -0.3 is 9.84 Å². The summed E-state index contributed by atoms with van der Waals surface area (Å²) >= 11 is 0. The number of carboxylic acid groups (broad SMARTS) is 1. The highest BCUT2D eigenvalue weighted by atomic mass is 16.5. The molecule has 0 radical (unpaired) electrons. The van der Waals surface area contributed by atoms with Crippen LogP contribution in [0.25, 0.3) is 0 Å². The molecule has 1 unspecified atom stereocenters. The third kappa shape index (κ3) is 3.17. The molecule has 1 atom stereocenters. The van der Waals surface area contributed by atoms with Gasteiger partial charge in [-0.05, 0) is 38.5 Å². The molecule has 1 aliphatic heterocycles. The highest BCUT2D eigenvalue weighted by Crippen LogP contribution is 2.43. The Hall–Kier alpha value is -0.610. The van der Waals surface area contributed by atoms with E-state index in [1.54, 1.807) is 0 Å². The van der Waals surface area contributed by atoms with Crippen molar-refractivity contribution >= 4 is 5.97 Å². The molecule has 114 valence electrons. The van der Waals surface area contributed by atoms with Crippen molar-refractivity contribution in [3.05, 3.63) is 0 Å². The normalized spacial score (nSPS) is 29.8. The summed E-state index contributed by atoms with van der Waals surface area (Å²) in [5.74, 6) is -0.703. The summed E-state index contributed by atoms with van der Waals surface area (Å²) in [4.78, 5) is 13.3. The number of rotatable bonds is 5. The first-order valence-electron chi connectivity index (χ1n) is 8.31. The molecule has 1 spiro atoms. The van der Waals surface area contributed by atoms with Crippen molar-refractivity contribution in [3.63, 3.8) is 0 Å². The monoisotopic (exact) mass is 281 g/mol. The van der Waals surface area contributed by atoms with Crippen molar-refractivity contribution in [1.29, 1.82) is 0 Å². The number of carboxylic acids is 1. The molecule has 3 aliphatic rings. The predicted molar refractivity (Wildman–Crippen MR) is 76.8 cm³/mol. The van der Waals surface area contributed by atoms with Gasteiger partial charge >= 0.3 is 5.97 Å². The second kappa shape index (κ2) is 6.02. The van der Waals surface area contributed by atoms with Gasteiger partial charge in [0, 0.05) is 12.6 Å². The minimum Gasteiger partial charge on any atom is -0.480 e. The van der Waals surface area contributed by atoms with Crippen LogP contribution in [-0.2, 0) is 9.53 Å². The summed E-state index contributed by atoms with van der Waals surface area (Å²) in [6.45, 7) is 0.996. The van der Waals surface area contributed by atoms with Gasteiger partial charge in [0.25, 0.3) is 0 Å². The van der Waals surface area contributed by atoms with E-state index >= 15 is 0 Å². The maximum absolute atomic E-state index is 11.1. The third-order valence-electron chi connectivity index (χ3n) is 5.47. The molecule has 3 rings (SSSR count). The van der Waals surface area contributed by atoms with Gasteiger partial charge in [0.1, 0.15) is 0 Å². The van der Waals surface area contributed by atoms with E-state index in [-0.39, 0.29) is 18.2 Å². The first-order valence-corrected chi connectivity index (χ1v) is 8.31. The van der Waals surface area contributed by atoms with Gasteiger partial charge in [0.05, 0.1) is 18.2 Å². The summed E-state index contributed by atoms with van der Waals surface area (Å²) in [6, 6.07) is 0.467. The van der Waals surface area contributed by atoms with Crippen LogP contribution in [0, 0.1) is 0 Å². The standard InChI is InChI=1S/C16H27NO3/c18-15(19)12-17(13-5-1-2-6-13)11-14-7-10-16(20-14)8-3-4-9-16/h13-14H,1-12H2,(H,18,19). The van der Waals surface area contributed by atoms with E-state index in [0.29, 0.717) is 6.04 Å². The van der Waals surface area contributed by atoms with Crippen LogP contribution in [0.2, 0.25) is 0 Å². The lowest BCUT2D eigenvalue weighted by molar-refractivity contribution is -0.139. The molecular formula is C16H27NO3. The first-order chi connectivity index (χ1) is 9.67. The van der Waals surface area contributed by atoms with Crippen LogP contribution in [0.3, 0.4) is 0 Å². The Morgan fingerprint density at radius 3 is 2.45 bits per heavy atom. The lowest BCUT2D eigenvalue weighted by Crippen LogP contribution is -2.43.